The average Bonchev–Trinajstić information content (AvgIpc) is 2.17. The van der Waals surface area contributed by atoms with Crippen molar-refractivity contribution in [3.05, 3.63) is 23.9 Å². The van der Waals surface area contributed by atoms with Crippen molar-refractivity contribution in [3.63, 3.8) is 0 Å². The molecular formula is C8H7N3O2. The lowest BCUT2D eigenvalue weighted by molar-refractivity contribution is -0.129. The highest BCUT2D eigenvalue weighted by Gasteiger charge is 2.19. The van der Waals surface area contributed by atoms with Gasteiger partial charge in [-0.05, 0) is 12.1 Å². The first-order valence-electron chi connectivity index (χ1n) is 3.76. The van der Waals surface area contributed by atoms with Gasteiger partial charge in [0.05, 0.1) is 0 Å². The maximum atomic E-state index is 10.7. The average molecular weight is 177 g/mol. The van der Waals surface area contributed by atoms with Gasteiger partial charge in [-0.15, -0.1) is 0 Å². The summed E-state index contributed by atoms with van der Waals surface area (Å²) in [4.78, 5) is 18.6. The molecule has 0 fully saturated rings. The molecular weight excluding hydrogens is 170 g/mol. The Labute approximate surface area is 74.1 Å². The molecule has 13 heavy (non-hydrogen) atoms. The largest absolute Gasteiger partial charge is 0.477 e. The van der Waals surface area contributed by atoms with Crippen LogP contribution in [0.5, 0.6) is 0 Å². The van der Waals surface area contributed by atoms with Crippen LogP contribution in [0, 0.1) is 0 Å². The van der Waals surface area contributed by atoms with Crippen LogP contribution in [0.1, 0.15) is 5.56 Å². The van der Waals surface area contributed by atoms with Gasteiger partial charge in [-0.2, -0.15) is 0 Å². The number of hydrogen-bond donors (Lipinski definition) is 2. The molecule has 0 saturated heterocycles. The Hall–Kier alpha value is -1.91. The lowest BCUT2D eigenvalue weighted by Crippen LogP contribution is -2.23. The first-order valence-corrected chi connectivity index (χ1v) is 3.76. The fourth-order valence-corrected chi connectivity index (χ4v) is 1.20. The minimum atomic E-state index is -1.02. The molecule has 0 bridgehead atoms. The van der Waals surface area contributed by atoms with Crippen LogP contribution in [0.2, 0.25) is 0 Å². The van der Waals surface area contributed by atoms with Gasteiger partial charge in [0.2, 0.25) is 0 Å². The first-order chi connectivity index (χ1) is 6.29. The molecule has 1 aromatic rings. The number of carboxylic acids is 1. The molecule has 2 rings (SSSR count). The third-order valence-electron chi connectivity index (χ3n) is 1.75. The van der Waals surface area contributed by atoms with Gasteiger partial charge in [0.25, 0.3) is 0 Å². The molecule has 1 aliphatic rings. The molecule has 0 saturated carbocycles. The molecule has 66 valence electrons. The highest BCUT2D eigenvalue weighted by atomic mass is 16.4. The number of aliphatic carboxylic acids is 1. The molecule has 5 heteroatoms. The van der Waals surface area contributed by atoms with E-state index < -0.39 is 5.97 Å². The zero-order valence-corrected chi connectivity index (χ0v) is 6.69. The van der Waals surface area contributed by atoms with Gasteiger partial charge < -0.3 is 10.4 Å². The van der Waals surface area contributed by atoms with Gasteiger partial charge in [-0.3, -0.25) is 4.99 Å². The van der Waals surface area contributed by atoms with E-state index in [0.29, 0.717) is 11.4 Å². The van der Waals surface area contributed by atoms with Crippen LogP contribution in [0.25, 0.3) is 0 Å². The number of rotatable bonds is 1. The lowest BCUT2D eigenvalue weighted by atomic mass is 10.1. The van der Waals surface area contributed by atoms with Gasteiger partial charge in [0.1, 0.15) is 12.5 Å². The molecule has 2 N–H and O–H groups in total. The summed E-state index contributed by atoms with van der Waals surface area (Å²) in [6, 6.07) is 3.37. The smallest absolute Gasteiger partial charge is 0.354 e. The van der Waals surface area contributed by atoms with E-state index in [1.54, 1.807) is 18.3 Å². The second-order valence-corrected chi connectivity index (χ2v) is 2.55. The zero-order valence-electron chi connectivity index (χ0n) is 6.69. The van der Waals surface area contributed by atoms with Crippen molar-refractivity contribution < 1.29 is 9.90 Å². The van der Waals surface area contributed by atoms with Crippen molar-refractivity contribution >= 4 is 17.5 Å². The van der Waals surface area contributed by atoms with Crippen LogP contribution in [-0.2, 0) is 4.79 Å². The standard InChI is InChI=1S/C8H7N3O2/c12-8(13)6-5-2-1-3-9-7(5)11-4-10-6/h1-3H,4H2,(H,9,11)(H,12,13). The van der Waals surface area contributed by atoms with Crippen LogP contribution in [0.3, 0.4) is 0 Å². The van der Waals surface area contributed by atoms with Crippen molar-refractivity contribution in [2.45, 2.75) is 0 Å². The summed E-state index contributed by atoms with van der Waals surface area (Å²) in [7, 11) is 0. The predicted octanol–water partition coefficient (Wildman–Crippen LogP) is 0.338. The number of aliphatic imine (C=N–C) groups is 1. The molecule has 0 amide bonds. The Morgan fingerprint density at radius 2 is 2.46 bits per heavy atom. The number of carboxylic acid groups (broad SMARTS) is 1. The van der Waals surface area contributed by atoms with Crippen LogP contribution >= 0.6 is 0 Å². The van der Waals surface area contributed by atoms with Crippen molar-refractivity contribution in [3.8, 4) is 0 Å². The molecule has 0 aromatic carbocycles. The van der Waals surface area contributed by atoms with Crippen LogP contribution < -0.4 is 5.32 Å². The molecule has 5 nitrogen and oxygen atoms in total. The number of carbonyl (C=O) groups is 1. The third kappa shape index (κ3) is 1.24. The van der Waals surface area contributed by atoms with E-state index in [1.165, 1.54) is 0 Å². The normalized spacial score (nSPS) is 14.0. The third-order valence-corrected chi connectivity index (χ3v) is 1.75. The van der Waals surface area contributed by atoms with Gasteiger partial charge in [0, 0.05) is 11.8 Å². The summed E-state index contributed by atoms with van der Waals surface area (Å²) in [5.41, 5.74) is 0.614. The van der Waals surface area contributed by atoms with Gasteiger partial charge in [-0.25, -0.2) is 9.78 Å². The summed E-state index contributed by atoms with van der Waals surface area (Å²) < 4.78 is 0. The number of nitrogens with zero attached hydrogens (tertiary/aromatic N) is 2. The molecule has 2 heterocycles. The maximum absolute atomic E-state index is 10.7. The van der Waals surface area contributed by atoms with Crippen molar-refractivity contribution in [2.75, 3.05) is 12.0 Å². The summed E-state index contributed by atoms with van der Waals surface area (Å²) in [6.45, 7) is 0.269. The summed E-state index contributed by atoms with van der Waals surface area (Å²) >= 11 is 0. The lowest BCUT2D eigenvalue weighted by Gasteiger charge is -2.13. The molecule has 0 spiro atoms. The van der Waals surface area contributed by atoms with Crippen LogP contribution in [0.4, 0.5) is 5.82 Å². The minimum Gasteiger partial charge on any atom is -0.477 e. The van der Waals surface area contributed by atoms with E-state index in [9.17, 15) is 4.79 Å². The van der Waals surface area contributed by atoms with E-state index in [1.807, 2.05) is 0 Å². The van der Waals surface area contributed by atoms with E-state index >= 15 is 0 Å². The van der Waals surface area contributed by atoms with Crippen molar-refractivity contribution in [1.29, 1.82) is 0 Å². The molecule has 1 aliphatic heterocycles. The SMILES string of the molecule is O=C(O)C1=NCNc2ncccc21. The number of anilines is 1. The maximum Gasteiger partial charge on any atom is 0.354 e. The highest BCUT2D eigenvalue weighted by Crippen LogP contribution is 2.16. The summed E-state index contributed by atoms with van der Waals surface area (Å²) in [5, 5.41) is 11.7. The molecule has 1 aromatic heterocycles. The fraction of sp³-hybridized carbons (Fsp3) is 0.125. The molecule has 0 atom stereocenters. The first kappa shape index (κ1) is 7.72. The number of pyridine rings is 1. The number of aromatic nitrogens is 1. The van der Waals surface area contributed by atoms with Crippen LogP contribution in [0.15, 0.2) is 23.3 Å². The molecule has 0 radical (unpaired) electrons. The van der Waals surface area contributed by atoms with Crippen molar-refractivity contribution in [2.24, 2.45) is 4.99 Å². The van der Waals surface area contributed by atoms with Gasteiger partial charge in [-0.1, -0.05) is 0 Å². The van der Waals surface area contributed by atoms with Gasteiger partial charge >= 0.3 is 5.97 Å². The summed E-state index contributed by atoms with van der Waals surface area (Å²) in [6.07, 6.45) is 1.61. The Balaban J connectivity index is 2.53. The Morgan fingerprint density at radius 1 is 1.62 bits per heavy atom. The van der Waals surface area contributed by atoms with E-state index in [0.717, 1.165) is 0 Å². The van der Waals surface area contributed by atoms with E-state index in [2.05, 4.69) is 15.3 Å². The van der Waals surface area contributed by atoms with E-state index in [-0.39, 0.29) is 12.4 Å². The topological polar surface area (TPSA) is 74.6 Å². The number of fused-ring (bicyclic) bond motifs is 1. The quantitative estimate of drug-likeness (QED) is 0.648. The second kappa shape index (κ2) is 2.85. The van der Waals surface area contributed by atoms with Crippen molar-refractivity contribution in [1.82, 2.24) is 4.98 Å². The Kier molecular flexibility index (Phi) is 1.70. The fourth-order valence-electron chi connectivity index (χ4n) is 1.20. The predicted molar refractivity (Wildman–Crippen MR) is 46.9 cm³/mol. The van der Waals surface area contributed by atoms with Crippen LogP contribution in [-0.4, -0.2) is 28.4 Å². The Bertz CT molecular complexity index is 387. The highest BCUT2D eigenvalue weighted by molar-refractivity contribution is 6.43. The zero-order chi connectivity index (χ0) is 9.26. The second-order valence-electron chi connectivity index (χ2n) is 2.55. The minimum absolute atomic E-state index is 0.0712. The molecule has 0 aliphatic carbocycles. The monoisotopic (exact) mass is 177 g/mol. The number of hydrogen-bond acceptors (Lipinski definition) is 4. The van der Waals surface area contributed by atoms with E-state index in [4.69, 9.17) is 5.11 Å². The van der Waals surface area contributed by atoms with Gasteiger partial charge in [0.15, 0.2) is 5.71 Å². The molecule has 0 unspecified atom stereocenters. The summed E-state index contributed by atoms with van der Waals surface area (Å²) in [5.74, 6) is -0.439. The Morgan fingerprint density at radius 3 is 3.23 bits per heavy atom. The number of nitrogens with one attached hydrogen (secondary N) is 1.